The maximum absolute atomic E-state index is 12.8. The molecule has 0 saturated carbocycles. The number of primary amides is 1. The van der Waals surface area contributed by atoms with E-state index < -0.39 is 17.8 Å². The molecule has 0 fully saturated rings. The predicted octanol–water partition coefficient (Wildman–Crippen LogP) is 2.81. The predicted molar refractivity (Wildman–Crippen MR) is 103 cm³/mol. The highest BCUT2D eigenvalue weighted by Crippen LogP contribution is 2.34. The summed E-state index contributed by atoms with van der Waals surface area (Å²) in [4.78, 5) is 37.2. The fraction of sp³-hybridized carbons (Fsp3) is 0.444. The molecule has 0 aliphatic rings. The number of thiophene rings is 1. The Morgan fingerprint density at radius 3 is 2.37 bits per heavy atom. The summed E-state index contributed by atoms with van der Waals surface area (Å²) in [5.41, 5.74) is 7.72. The van der Waals surface area contributed by atoms with Gasteiger partial charge in [0, 0.05) is 12.2 Å². The van der Waals surface area contributed by atoms with Crippen molar-refractivity contribution in [3.63, 3.8) is 0 Å². The van der Waals surface area contributed by atoms with Crippen LogP contribution >= 0.6 is 11.3 Å². The number of hydrogen-bond acceptors (Lipinski definition) is 6. The van der Waals surface area contributed by atoms with E-state index in [4.69, 9.17) is 10.5 Å². The summed E-state index contributed by atoms with van der Waals surface area (Å²) in [6.07, 6.45) is 0.661. The molecule has 146 valence electrons. The zero-order valence-corrected chi connectivity index (χ0v) is 17.0. The van der Waals surface area contributed by atoms with Gasteiger partial charge in [0.15, 0.2) is 0 Å². The maximum atomic E-state index is 12.8. The molecular weight excluding hydrogens is 368 g/mol. The summed E-state index contributed by atoms with van der Waals surface area (Å²) in [5, 5.41) is 7.32. The lowest BCUT2D eigenvalue weighted by molar-refractivity contribution is 0.0506. The van der Waals surface area contributed by atoms with Crippen LogP contribution in [0, 0.1) is 20.8 Å². The summed E-state index contributed by atoms with van der Waals surface area (Å²) in [7, 11) is 0. The highest BCUT2D eigenvalue weighted by atomic mass is 32.1. The molecular formula is C18H24N4O4S. The van der Waals surface area contributed by atoms with Gasteiger partial charge < -0.3 is 15.8 Å². The van der Waals surface area contributed by atoms with Gasteiger partial charge in [-0.2, -0.15) is 5.10 Å². The molecule has 0 bridgehead atoms. The number of amides is 2. The van der Waals surface area contributed by atoms with Crippen LogP contribution in [0.2, 0.25) is 0 Å². The number of hydrogen-bond donors (Lipinski definition) is 2. The number of carbonyl (C=O) groups is 3. The van der Waals surface area contributed by atoms with Gasteiger partial charge in [-0.3, -0.25) is 14.3 Å². The third-order valence-corrected chi connectivity index (χ3v) is 5.37. The van der Waals surface area contributed by atoms with Crippen molar-refractivity contribution < 1.29 is 19.1 Å². The summed E-state index contributed by atoms with van der Waals surface area (Å²) < 4.78 is 6.93. The third kappa shape index (κ3) is 4.02. The monoisotopic (exact) mass is 392 g/mol. The van der Waals surface area contributed by atoms with Crippen LogP contribution < -0.4 is 11.1 Å². The van der Waals surface area contributed by atoms with Gasteiger partial charge in [-0.15, -0.1) is 11.3 Å². The number of carbonyl (C=O) groups excluding carboxylic acids is 3. The lowest BCUT2D eigenvalue weighted by Gasteiger charge is -2.08. The molecule has 2 amide bonds. The Morgan fingerprint density at radius 2 is 1.85 bits per heavy atom. The van der Waals surface area contributed by atoms with Crippen LogP contribution in [-0.4, -0.2) is 34.2 Å². The molecule has 0 aliphatic carbocycles. The first-order chi connectivity index (χ1) is 12.7. The molecule has 0 radical (unpaired) electrons. The van der Waals surface area contributed by atoms with E-state index in [1.807, 2.05) is 20.8 Å². The molecule has 0 atom stereocenters. The van der Waals surface area contributed by atoms with E-state index in [-0.39, 0.29) is 22.0 Å². The first-order valence-corrected chi connectivity index (χ1v) is 9.50. The van der Waals surface area contributed by atoms with E-state index in [9.17, 15) is 14.4 Å². The van der Waals surface area contributed by atoms with Crippen molar-refractivity contribution in [2.24, 2.45) is 5.73 Å². The molecule has 8 nitrogen and oxygen atoms in total. The van der Waals surface area contributed by atoms with Crippen molar-refractivity contribution >= 4 is 34.1 Å². The van der Waals surface area contributed by atoms with E-state index in [0.717, 1.165) is 17.0 Å². The van der Waals surface area contributed by atoms with E-state index in [2.05, 4.69) is 10.4 Å². The Labute approximate surface area is 161 Å². The van der Waals surface area contributed by atoms with Gasteiger partial charge in [-0.1, -0.05) is 6.92 Å². The molecule has 0 spiro atoms. The Balaban J connectivity index is 2.44. The van der Waals surface area contributed by atoms with Crippen LogP contribution in [0.15, 0.2) is 0 Å². The Hall–Kier alpha value is -2.68. The number of ether oxygens (including phenoxy) is 1. The third-order valence-electron chi connectivity index (χ3n) is 4.15. The number of nitrogens with zero attached hydrogens (tertiary/aromatic N) is 2. The first-order valence-electron chi connectivity index (χ1n) is 8.68. The number of esters is 1. The van der Waals surface area contributed by atoms with Crippen LogP contribution in [-0.2, 0) is 11.3 Å². The summed E-state index contributed by atoms with van der Waals surface area (Å²) in [6, 6.07) is 0. The summed E-state index contributed by atoms with van der Waals surface area (Å²) >= 11 is 0.969. The number of aryl methyl sites for hydroxylation is 2. The van der Waals surface area contributed by atoms with Gasteiger partial charge in [0.1, 0.15) is 5.00 Å². The SMILES string of the molecule is CCCOC(=O)c1c(NC(=O)c2c(C)nn(CC)c2C)sc(C(N)=O)c1C. The average Bonchev–Trinajstić information content (AvgIpc) is 3.08. The van der Waals surface area contributed by atoms with Gasteiger partial charge in [0.05, 0.1) is 28.3 Å². The smallest absolute Gasteiger partial charge is 0.341 e. The summed E-state index contributed by atoms with van der Waals surface area (Å²) in [6.45, 7) is 9.86. The minimum absolute atomic E-state index is 0.161. The van der Waals surface area contributed by atoms with Crippen molar-refractivity contribution in [2.75, 3.05) is 11.9 Å². The number of nitrogens with two attached hydrogens (primary N) is 1. The minimum atomic E-state index is -0.659. The molecule has 2 aromatic heterocycles. The summed E-state index contributed by atoms with van der Waals surface area (Å²) in [5.74, 6) is -1.65. The van der Waals surface area contributed by atoms with Crippen molar-refractivity contribution in [1.82, 2.24) is 9.78 Å². The Bertz CT molecular complexity index is 898. The zero-order valence-electron chi connectivity index (χ0n) is 16.1. The number of anilines is 1. The molecule has 0 unspecified atom stereocenters. The molecule has 2 rings (SSSR count). The molecule has 0 aliphatic heterocycles. The standard InChI is InChI=1S/C18H24N4O4S/c1-6-8-26-18(25)12-9(3)14(15(19)23)27-17(12)20-16(24)13-10(4)21-22(7-2)11(13)5/h6-8H2,1-5H3,(H2,19,23)(H,20,24). The second-order valence-electron chi connectivity index (χ2n) is 6.08. The van der Waals surface area contributed by atoms with Crippen LogP contribution in [0.3, 0.4) is 0 Å². The molecule has 2 heterocycles. The lowest BCUT2D eigenvalue weighted by Crippen LogP contribution is -2.16. The molecule has 9 heteroatoms. The highest BCUT2D eigenvalue weighted by molar-refractivity contribution is 7.18. The fourth-order valence-electron chi connectivity index (χ4n) is 2.85. The van der Waals surface area contributed by atoms with E-state index >= 15 is 0 Å². The zero-order chi connectivity index (χ0) is 20.3. The molecule has 0 aromatic carbocycles. The van der Waals surface area contributed by atoms with Crippen molar-refractivity contribution in [3.05, 3.63) is 33.0 Å². The lowest BCUT2D eigenvalue weighted by atomic mass is 10.1. The van der Waals surface area contributed by atoms with Crippen molar-refractivity contribution in [2.45, 2.75) is 47.6 Å². The van der Waals surface area contributed by atoms with Crippen molar-refractivity contribution in [3.8, 4) is 0 Å². The van der Waals surface area contributed by atoms with Gasteiger partial charge in [-0.05, 0) is 39.7 Å². The van der Waals surface area contributed by atoms with Crippen LogP contribution in [0.1, 0.15) is 67.6 Å². The fourth-order valence-corrected chi connectivity index (χ4v) is 3.89. The topological polar surface area (TPSA) is 116 Å². The van der Waals surface area contributed by atoms with Gasteiger partial charge >= 0.3 is 5.97 Å². The van der Waals surface area contributed by atoms with E-state index in [1.54, 1.807) is 18.5 Å². The van der Waals surface area contributed by atoms with E-state index in [0.29, 0.717) is 29.8 Å². The highest BCUT2D eigenvalue weighted by Gasteiger charge is 2.27. The largest absolute Gasteiger partial charge is 0.462 e. The normalized spacial score (nSPS) is 10.7. The number of aromatic nitrogens is 2. The quantitative estimate of drug-likeness (QED) is 0.703. The number of rotatable bonds is 7. The van der Waals surface area contributed by atoms with Crippen molar-refractivity contribution in [1.29, 1.82) is 0 Å². The van der Waals surface area contributed by atoms with Gasteiger partial charge in [-0.25, -0.2) is 4.79 Å². The van der Waals surface area contributed by atoms with Gasteiger partial charge in [0.25, 0.3) is 11.8 Å². The Morgan fingerprint density at radius 1 is 1.19 bits per heavy atom. The first kappa shape index (κ1) is 20.6. The van der Waals surface area contributed by atoms with Crippen LogP contribution in [0.25, 0.3) is 0 Å². The van der Waals surface area contributed by atoms with E-state index in [1.165, 1.54) is 0 Å². The number of nitrogens with one attached hydrogen (secondary N) is 1. The van der Waals surface area contributed by atoms with Crippen LogP contribution in [0.4, 0.5) is 5.00 Å². The second kappa shape index (κ2) is 8.34. The maximum Gasteiger partial charge on any atom is 0.341 e. The minimum Gasteiger partial charge on any atom is -0.462 e. The van der Waals surface area contributed by atoms with Gasteiger partial charge in [0.2, 0.25) is 0 Å². The molecule has 2 aromatic rings. The van der Waals surface area contributed by atoms with Crippen LogP contribution in [0.5, 0.6) is 0 Å². The Kier molecular flexibility index (Phi) is 6.37. The molecule has 27 heavy (non-hydrogen) atoms. The second-order valence-corrected chi connectivity index (χ2v) is 7.10. The molecule has 0 saturated heterocycles. The molecule has 3 N–H and O–H groups in total. The average molecular weight is 392 g/mol.